The number of amides is 1. The minimum atomic E-state index is -0.492. The number of aryl methyl sites for hydroxylation is 1. The smallest absolute Gasteiger partial charge is 0.407 e. The highest BCUT2D eigenvalue weighted by atomic mass is 16.6. The highest BCUT2D eigenvalue weighted by molar-refractivity contribution is 5.68. The van der Waals surface area contributed by atoms with Crippen molar-refractivity contribution in [2.45, 2.75) is 64.5 Å². The van der Waals surface area contributed by atoms with E-state index in [2.05, 4.69) is 5.32 Å². The molecule has 0 heterocycles. The van der Waals surface area contributed by atoms with Crippen LogP contribution in [0.1, 0.15) is 52.0 Å². The quantitative estimate of drug-likeness (QED) is 0.645. The van der Waals surface area contributed by atoms with E-state index in [4.69, 9.17) is 4.74 Å². The van der Waals surface area contributed by atoms with Crippen LogP contribution in [0.5, 0.6) is 0 Å². The summed E-state index contributed by atoms with van der Waals surface area (Å²) < 4.78 is 5.28. The van der Waals surface area contributed by atoms with Gasteiger partial charge in [-0.25, -0.2) is 4.79 Å². The Hall–Kier alpha value is -2.11. The van der Waals surface area contributed by atoms with E-state index in [1.54, 1.807) is 12.1 Å². The predicted molar refractivity (Wildman–Crippen MR) is 91.9 cm³/mol. The molecule has 1 N–H and O–H groups in total. The van der Waals surface area contributed by atoms with Crippen LogP contribution in [-0.4, -0.2) is 22.7 Å². The lowest BCUT2D eigenvalue weighted by molar-refractivity contribution is -0.385. The zero-order chi connectivity index (χ0) is 17.7. The number of nitro benzene ring substituents is 1. The van der Waals surface area contributed by atoms with Gasteiger partial charge in [0, 0.05) is 17.7 Å². The van der Waals surface area contributed by atoms with E-state index < -0.39 is 5.60 Å². The van der Waals surface area contributed by atoms with Crippen LogP contribution in [0.2, 0.25) is 0 Å². The Labute approximate surface area is 142 Å². The molecule has 1 saturated carbocycles. The Balaban J connectivity index is 1.80. The molecular weight excluding hydrogens is 308 g/mol. The van der Waals surface area contributed by atoms with Gasteiger partial charge in [0.15, 0.2) is 0 Å². The number of carbonyl (C=O) groups excluding carboxylic acids is 1. The molecule has 0 aromatic heterocycles. The van der Waals surface area contributed by atoms with E-state index >= 15 is 0 Å². The van der Waals surface area contributed by atoms with Gasteiger partial charge >= 0.3 is 6.09 Å². The molecule has 6 heteroatoms. The SMILES string of the molecule is CC(C)(C)OC(=O)N[C@H]1CCC(CCc2ccccc2[N+](=O)[O-])C1. The van der Waals surface area contributed by atoms with Crippen molar-refractivity contribution in [2.24, 2.45) is 5.92 Å². The summed E-state index contributed by atoms with van der Waals surface area (Å²) in [6, 6.07) is 7.04. The van der Waals surface area contributed by atoms with Crippen molar-refractivity contribution in [1.29, 1.82) is 0 Å². The molecule has 1 unspecified atom stereocenters. The molecule has 0 spiro atoms. The first-order valence-electron chi connectivity index (χ1n) is 8.46. The third-order valence-corrected chi connectivity index (χ3v) is 4.27. The summed E-state index contributed by atoms with van der Waals surface area (Å²) in [4.78, 5) is 22.5. The summed E-state index contributed by atoms with van der Waals surface area (Å²) in [7, 11) is 0. The molecule has 6 nitrogen and oxygen atoms in total. The average molecular weight is 334 g/mol. The first kappa shape index (κ1) is 18.2. The van der Waals surface area contributed by atoms with Crippen molar-refractivity contribution < 1.29 is 14.5 Å². The van der Waals surface area contributed by atoms with Crippen molar-refractivity contribution >= 4 is 11.8 Å². The average Bonchev–Trinajstić information content (AvgIpc) is 2.90. The van der Waals surface area contributed by atoms with E-state index in [1.165, 1.54) is 0 Å². The van der Waals surface area contributed by atoms with Gasteiger partial charge in [-0.3, -0.25) is 10.1 Å². The number of para-hydroxylation sites is 1. The maximum absolute atomic E-state index is 11.8. The number of benzene rings is 1. The third kappa shape index (κ3) is 5.51. The lowest BCUT2D eigenvalue weighted by atomic mass is 9.97. The van der Waals surface area contributed by atoms with Crippen LogP contribution in [-0.2, 0) is 11.2 Å². The molecule has 1 aromatic carbocycles. The lowest BCUT2D eigenvalue weighted by Gasteiger charge is -2.21. The molecule has 0 saturated heterocycles. The van der Waals surface area contributed by atoms with E-state index in [0.29, 0.717) is 12.3 Å². The number of rotatable bonds is 5. The van der Waals surface area contributed by atoms with Crippen molar-refractivity contribution in [3.8, 4) is 0 Å². The van der Waals surface area contributed by atoms with Gasteiger partial charge in [0.25, 0.3) is 5.69 Å². The zero-order valence-electron chi connectivity index (χ0n) is 14.6. The molecule has 1 amide bonds. The van der Waals surface area contributed by atoms with Crippen LogP contribution in [0.3, 0.4) is 0 Å². The zero-order valence-corrected chi connectivity index (χ0v) is 14.6. The van der Waals surface area contributed by atoms with E-state index in [1.807, 2.05) is 32.9 Å². The summed E-state index contributed by atoms with van der Waals surface area (Å²) >= 11 is 0. The molecule has 2 atom stereocenters. The minimum Gasteiger partial charge on any atom is -0.444 e. The molecular formula is C18H26N2O4. The van der Waals surface area contributed by atoms with E-state index in [-0.39, 0.29) is 22.7 Å². The highest BCUT2D eigenvalue weighted by Crippen LogP contribution is 2.31. The number of nitrogens with one attached hydrogen (secondary N) is 1. The molecule has 0 radical (unpaired) electrons. The maximum atomic E-state index is 11.8. The monoisotopic (exact) mass is 334 g/mol. The van der Waals surface area contributed by atoms with Crippen molar-refractivity contribution in [3.63, 3.8) is 0 Å². The van der Waals surface area contributed by atoms with Gasteiger partial charge in [0.2, 0.25) is 0 Å². The van der Waals surface area contributed by atoms with E-state index in [9.17, 15) is 14.9 Å². The Bertz CT molecular complexity index is 595. The second-order valence-electron chi connectivity index (χ2n) is 7.45. The Kier molecular flexibility index (Phi) is 5.80. The Morgan fingerprint density at radius 3 is 2.71 bits per heavy atom. The van der Waals surface area contributed by atoms with Crippen molar-refractivity contribution in [3.05, 3.63) is 39.9 Å². The topological polar surface area (TPSA) is 81.5 Å². The van der Waals surface area contributed by atoms with Gasteiger partial charge in [0.1, 0.15) is 5.60 Å². The van der Waals surface area contributed by atoms with Crippen LogP contribution in [0.15, 0.2) is 24.3 Å². The second kappa shape index (κ2) is 7.64. The molecule has 0 bridgehead atoms. The molecule has 1 aliphatic carbocycles. The molecule has 1 aromatic rings. The molecule has 0 aliphatic heterocycles. The number of nitro groups is 1. The number of hydrogen-bond acceptors (Lipinski definition) is 4. The normalized spacial score (nSPS) is 20.6. The number of hydrogen-bond donors (Lipinski definition) is 1. The molecule has 2 rings (SSSR count). The fraction of sp³-hybridized carbons (Fsp3) is 0.611. The molecule has 24 heavy (non-hydrogen) atoms. The van der Waals surface area contributed by atoms with Gasteiger partial charge in [0.05, 0.1) is 4.92 Å². The van der Waals surface area contributed by atoms with Crippen LogP contribution in [0.25, 0.3) is 0 Å². The lowest BCUT2D eigenvalue weighted by Crippen LogP contribution is -2.37. The van der Waals surface area contributed by atoms with Gasteiger partial charge in [-0.05, 0) is 58.8 Å². The predicted octanol–water partition coefficient (Wildman–Crippen LogP) is 4.22. The summed E-state index contributed by atoms with van der Waals surface area (Å²) in [5.74, 6) is 0.477. The number of ether oxygens (including phenoxy) is 1. The van der Waals surface area contributed by atoms with E-state index in [0.717, 1.165) is 31.2 Å². The molecule has 1 aliphatic rings. The summed E-state index contributed by atoms with van der Waals surface area (Å²) in [6.45, 7) is 5.53. The molecule has 132 valence electrons. The van der Waals surface area contributed by atoms with Gasteiger partial charge in [-0.1, -0.05) is 18.2 Å². The summed E-state index contributed by atoms with van der Waals surface area (Å²) in [6.07, 6.45) is 4.09. The van der Waals surface area contributed by atoms with Gasteiger partial charge in [-0.2, -0.15) is 0 Å². The fourth-order valence-electron chi connectivity index (χ4n) is 3.20. The van der Waals surface area contributed by atoms with Crippen molar-refractivity contribution in [2.75, 3.05) is 0 Å². The van der Waals surface area contributed by atoms with Crippen LogP contribution in [0.4, 0.5) is 10.5 Å². The van der Waals surface area contributed by atoms with Gasteiger partial charge in [-0.15, -0.1) is 0 Å². The first-order valence-corrected chi connectivity index (χ1v) is 8.46. The molecule has 1 fully saturated rings. The standard InChI is InChI=1S/C18H26N2O4/c1-18(2,3)24-17(21)19-15-11-9-13(12-15)8-10-14-6-4-5-7-16(14)20(22)23/h4-7,13,15H,8-12H2,1-3H3,(H,19,21)/t13?,15-/m0/s1. The maximum Gasteiger partial charge on any atom is 0.407 e. The number of alkyl carbamates (subject to hydrolysis) is 1. The number of carbonyl (C=O) groups is 1. The van der Waals surface area contributed by atoms with Crippen LogP contribution >= 0.6 is 0 Å². The highest BCUT2D eigenvalue weighted by Gasteiger charge is 2.28. The second-order valence-corrected chi connectivity index (χ2v) is 7.45. The third-order valence-electron chi connectivity index (χ3n) is 4.27. The summed E-state index contributed by atoms with van der Waals surface area (Å²) in [5.41, 5.74) is 0.485. The Morgan fingerprint density at radius 2 is 2.04 bits per heavy atom. The van der Waals surface area contributed by atoms with Crippen molar-refractivity contribution in [1.82, 2.24) is 5.32 Å². The Morgan fingerprint density at radius 1 is 1.33 bits per heavy atom. The first-order chi connectivity index (χ1) is 11.2. The minimum absolute atomic E-state index is 0.135. The largest absolute Gasteiger partial charge is 0.444 e. The summed E-state index contributed by atoms with van der Waals surface area (Å²) in [5, 5.41) is 14.0. The van der Waals surface area contributed by atoms with Crippen LogP contribution < -0.4 is 5.32 Å². The van der Waals surface area contributed by atoms with Gasteiger partial charge < -0.3 is 10.1 Å². The van der Waals surface area contributed by atoms with Crippen LogP contribution in [0, 0.1) is 16.0 Å². The fourth-order valence-corrected chi connectivity index (χ4v) is 3.20. The number of nitrogens with zero attached hydrogens (tertiary/aromatic N) is 1.